The Morgan fingerprint density at radius 1 is 1.15 bits per heavy atom. The molecule has 0 radical (unpaired) electrons. The molecule has 104 valence electrons. The fourth-order valence-electron chi connectivity index (χ4n) is 1.95. The summed E-state index contributed by atoms with van der Waals surface area (Å²) in [5, 5.41) is 0. The van der Waals surface area contributed by atoms with E-state index in [4.69, 9.17) is 19.9 Å². The van der Waals surface area contributed by atoms with Crippen LogP contribution in [0, 0.1) is 0 Å². The van der Waals surface area contributed by atoms with Crippen LogP contribution in [0.4, 0.5) is 0 Å². The molecule has 1 aliphatic heterocycles. The van der Waals surface area contributed by atoms with Gasteiger partial charge in [0, 0.05) is 12.1 Å². The van der Waals surface area contributed by atoms with E-state index in [-0.39, 0.29) is 12.8 Å². The number of ether oxygens (including phenoxy) is 3. The monoisotopic (exact) mass is 335 g/mol. The summed E-state index contributed by atoms with van der Waals surface area (Å²) in [5.41, 5.74) is 6.91. The molecule has 1 heterocycles. The van der Waals surface area contributed by atoms with Gasteiger partial charge in [-0.2, -0.15) is 0 Å². The van der Waals surface area contributed by atoms with Crippen molar-refractivity contribution in [1.29, 1.82) is 0 Å². The summed E-state index contributed by atoms with van der Waals surface area (Å²) in [6, 6.07) is 11.3. The number of halogens is 1. The predicted molar refractivity (Wildman–Crippen MR) is 79.4 cm³/mol. The average molecular weight is 336 g/mol. The standard InChI is InChI=1S/C15H14BrNO3/c1-9(17)10-2-4-13(12(16)6-10)20-11-3-5-14-15(7-11)19-8-18-14/h2-7,9H,8,17H2,1H3. The first-order valence-electron chi connectivity index (χ1n) is 6.26. The quantitative estimate of drug-likeness (QED) is 0.921. The van der Waals surface area contributed by atoms with Gasteiger partial charge in [-0.1, -0.05) is 6.07 Å². The van der Waals surface area contributed by atoms with Crippen LogP contribution in [0.15, 0.2) is 40.9 Å². The molecule has 2 aromatic carbocycles. The van der Waals surface area contributed by atoms with Crippen LogP contribution in [0.25, 0.3) is 0 Å². The molecule has 0 fully saturated rings. The smallest absolute Gasteiger partial charge is 0.231 e. The second-order valence-electron chi connectivity index (χ2n) is 4.60. The SMILES string of the molecule is CC(N)c1ccc(Oc2ccc3c(c2)OCO3)c(Br)c1. The molecule has 3 rings (SSSR count). The maximum atomic E-state index is 5.85. The van der Waals surface area contributed by atoms with E-state index >= 15 is 0 Å². The predicted octanol–water partition coefficient (Wildman–Crippen LogP) is 3.99. The molecule has 0 aromatic heterocycles. The first-order chi connectivity index (χ1) is 9.63. The Morgan fingerprint density at radius 3 is 2.70 bits per heavy atom. The zero-order valence-electron chi connectivity index (χ0n) is 10.9. The van der Waals surface area contributed by atoms with Gasteiger partial charge in [-0.25, -0.2) is 0 Å². The number of fused-ring (bicyclic) bond motifs is 1. The lowest BCUT2D eigenvalue weighted by atomic mass is 10.1. The highest BCUT2D eigenvalue weighted by atomic mass is 79.9. The third-order valence-corrected chi connectivity index (χ3v) is 3.67. The Hall–Kier alpha value is -1.72. The Bertz CT molecular complexity index is 643. The van der Waals surface area contributed by atoms with Crippen molar-refractivity contribution in [2.75, 3.05) is 6.79 Å². The first kappa shape index (κ1) is 13.3. The third kappa shape index (κ3) is 2.59. The van der Waals surface area contributed by atoms with Crippen LogP contribution < -0.4 is 19.9 Å². The Morgan fingerprint density at radius 2 is 1.95 bits per heavy atom. The van der Waals surface area contributed by atoms with Crippen LogP contribution >= 0.6 is 15.9 Å². The van der Waals surface area contributed by atoms with Gasteiger partial charge >= 0.3 is 0 Å². The van der Waals surface area contributed by atoms with E-state index in [1.54, 1.807) is 0 Å². The number of hydrogen-bond acceptors (Lipinski definition) is 4. The molecule has 0 bridgehead atoms. The van der Waals surface area contributed by atoms with E-state index < -0.39 is 0 Å². The van der Waals surface area contributed by atoms with E-state index in [1.807, 2.05) is 43.3 Å². The molecule has 2 N–H and O–H groups in total. The van der Waals surface area contributed by atoms with E-state index in [0.29, 0.717) is 11.5 Å². The summed E-state index contributed by atoms with van der Waals surface area (Å²) >= 11 is 3.50. The van der Waals surface area contributed by atoms with Crippen LogP contribution in [0.2, 0.25) is 0 Å². The minimum Gasteiger partial charge on any atom is -0.456 e. The number of rotatable bonds is 3. The van der Waals surface area contributed by atoms with Gasteiger partial charge in [0.2, 0.25) is 6.79 Å². The van der Waals surface area contributed by atoms with Crippen molar-refractivity contribution in [2.24, 2.45) is 5.73 Å². The molecular formula is C15H14BrNO3. The first-order valence-corrected chi connectivity index (χ1v) is 7.05. The topological polar surface area (TPSA) is 53.7 Å². The largest absolute Gasteiger partial charge is 0.456 e. The second-order valence-corrected chi connectivity index (χ2v) is 5.45. The average Bonchev–Trinajstić information content (AvgIpc) is 2.88. The molecule has 1 unspecified atom stereocenters. The summed E-state index contributed by atoms with van der Waals surface area (Å²) in [6.45, 7) is 2.20. The molecule has 0 spiro atoms. The molecule has 5 heteroatoms. The van der Waals surface area contributed by atoms with Crippen LogP contribution in [-0.2, 0) is 0 Å². The molecule has 0 saturated heterocycles. The van der Waals surface area contributed by atoms with Gasteiger partial charge < -0.3 is 19.9 Å². The highest BCUT2D eigenvalue weighted by molar-refractivity contribution is 9.10. The zero-order chi connectivity index (χ0) is 14.1. The van der Waals surface area contributed by atoms with Gasteiger partial charge in [0.1, 0.15) is 11.5 Å². The summed E-state index contributed by atoms with van der Waals surface area (Å²) in [5.74, 6) is 2.87. The molecule has 0 amide bonds. The highest BCUT2D eigenvalue weighted by Crippen LogP contribution is 2.38. The van der Waals surface area contributed by atoms with Crippen molar-refractivity contribution >= 4 is 15.9 Å². The molecule has 2 aromatic rings. The van der Waals surface area contributed by atoms with Crippen molar-refractivity contribution in [3.8, 4) is 23.0 Å². The Kier molecular flexibility index (Phi) is 3.54. The Labute approximate surface area is 125 Å². The highest BCUT2D eigenvalue weighted by Gasteiger charge is 2.14. The minimum absolute atomic E-state index is 0.00843. The van der Waals surface area contributed by atoms with E-state index in [2.05, 4.69) is 15.9 Å². The summed E-state index contributed by atoms with van der Waals surface area (Å²) < 4.78 is 17.3. The number of benzene rings is 2. The second kappa shape index (κ2) is 5.34. The number of nitrogens with two attached hydrogens (primary N) is 1. The van der Waals surface area contributed by atoms with Gasteiger partial charge in [-0.05, 0) is 52.7 Å². The molecule has 0 saturated carbocycles. The Balaban J connectivity index is 1.84. The fraction of sp³-hybridized carbons (Fsp3) is 0.200. The lowest BCUT2D eigenvalue weighted by Crippen LogP contribution is -2.04. The van der Waals surface area contributed by atoms with Crippen LogP contribution in [0.1, 0.15) is 18.5 Å². The van der Waals surface area contributed by atoms with Crippen molar-refractivity contribution in [1.82, 2.24) is 0 Å². The third-order valence-electron chi connectivity index (χ3n) is 3.05. The molecule has 1 aliphatic rings. The zero-order valence-corrected chi connectivity index (χ0v) is 12.5. The van der Waals surface area contributed by atoms with Crippen molar-refractivity contribution in [3.05, 3.63) is 46.4 Å². The lowest BCUT2D eigenvalue weighted by Gasteiger charge is -2.11. The summed E-state index contributed by atoms with van der Waals surface area (Å²) in [7, 11) is 0. The van der Waals surface area contributed by atoms with Gasteiger partial charge in [0.25, 0.3) is 0 Å². The van der Waals surface area contributed by atoms with Gasteiger partial charge in [0.15, 0.2) is 11.5 Å². The van der Waals surface area contributed by atoms with Crippen LogP contribution in [0.5, 0.6) is 23.0 Å². The van der Waals surface area contributed by atoms with Crippen molar-refractivity contribution < 1.29 is 14.2 Å². The van der Waals surface area contributed by atoms with Crippen molar-refractivity contribution in [2.45, 2.75) is 13.0 Å². The minimum atomic E-state index is -0.00843. The van der Waals surface area contributed by atoms with E-state index in [0.717, 1.165) is 21.5 Å². The lowest BCUT2D eigenvalue weighted by molar-refractivity contribution is 0.174. The summed E-state index contributed by atoms with van der Waals surface area (Å²) in [4.78, 5) is 0. The van der Waals surface area contributed by atoms with Gasteiger partial charge in [-0.3, -0.25) is 0 Å². The van der Waals surface area contributed by atoms with E-state index in [9.17, 15) is 0 Å². The molecular weight excluding hydrogens is 322 g/mol. The van der Waals surface area contributed by atoms with Crippen LogP contribution in [-0.4, -0.2) is 6.79 Å². The normalized spacial score (nSPS) is 14.2. The molecule has 1 atom stereocenters. The fourth-order valence-corrected chi connectivity index (χ4v) is 2.43. The maximum Gasteiger partial charge on any atom is 0.231 e. The van der Waals surface area contributed by atoms with E-state index in [1.165, 1.54) is 0 Å². The van der Waals surface area contributed by atoms with Gasteiger partial charge in [-0.15, -0.1) is 0 Å². The molecule has 0 aliphatic carbocycles. The molecule has 4 nitrogen and oxygen atoms in total. The molecule has 20 heavy (non-hydrogen) atoms. The van der Waals surface area contributed by atoms with Crippen molar-refractivity contribution in [3.63, 3.8) is 0 Å². The summed E-state index contributed by atoms with van der Waals surface area (Å²) in [6.07, 6.45) is 0. The van der Waals surface area contributed by atoms with Gasteiger partial charge in [0.05, 0.1) is 4.47 Å². The maximum absolute atomic E-state index is 5.85. The number of hydrogen-bond donors (Lipinski definition) is 1. The van der Waals surface area contributed by atoms with Crippen LogP contribution in [0.3, 0.4) is 0 Å².